The summed E-state index contributed by atoms with van der Waals surface area (Å²) in [5.41, 5.74) is -1.86. The van der Waals surface area contributed by atoms with Crippen molar-refractivity contribution < 1.29 is 72.4 Å². The first-order valence-corrected chi connectivity index (χ1v) is 19.9. The third-order valence-electron chi connectivity index (χ3n) is 12.8. The van der Waals surface area contributed by atoms with Crippen LogP contribution in [-0.2, 0) is 47.5 Å². The number of carbonyl (C=O) groups is 4. The van der Waals surface area contributed by atoms with Gasteiger partial charge in [0.15, 0.2) is 36.2 Å². The maximum atomic E-state index is 13.9. The number of ketones is 3. The molecule has 58 heavy (non-hydrogen) atoms. The maximum absolute atomic E-state index is 13.9. The zero-order valence-electron chi connectivity index (χ0n) is 33.5. The van der Waals surface area contributed by atoms with Crippen molar-refractivity contribution in [1.29, 1.82) is 0 Å². The standard InChI is InChI=1S/C42H51NO15/c1-8-42(50)16-30(20-11-22-23(12-21(20)35(42)40(49)51-7)37(48)34-26(45)10-9-25(44)33(34)36(22)47)56-31-13-24(43(5)6)38(18(3)52-31)57-32-15-28-39(19(4)53-32)58-41-29(55-28)14-27(46)17(2)54-41/h9-12,17-19,24,28-32,35,38-39,41,44-45,50H,8,13-16H2,1-7H3. The fraction of sp³-hybridized carbons (Fsp3) is 0.619. The Morgan fingerprint density at radius 3 is 2.09 bits per heavy atom. The Morgan fingerprint density at radius 2 is 1.47 bits per heavy atom. The fourth-order valence-corrected chi connectivity index (χ4v) is 9.64. The smallest absolute Gasteiger partial charge is 0.316 e. The van der Waals surface area contributed by atoms with E-state index in [1.165, 1.54) is 19.2 Å². The van der Waals surface area contributed by atoms with E-state index in [9.17, 15) is 34.5 Å². The van der Waals surface area contributed by atoms with Gasteiger partial charge in [0, 0.05) is 42.9 Å². The number of hydrogen-bond donors (Lipinski definition) is 3. The molecule has 16 nitrogen and oxygen atoms in total. The second-order valence-corrected chi connectivity index (χ2v) is 16.6. The highest BCUT2D eigenvalue weighted by Gasteiger charge is 2.54. The van der Waals surface area contributed by atoms with Crippen molar-refractivity contribution >= 4 is 23.3 Å². The van der Waals surface area contributed by atoms with Crippen molar-refractivity contribution in [2.75, 3.05) is 21.2 Å². The van der Waals surface area contributed by atoms with Crippen molar-refractivity contribution in [2.24, 2.45) is 0 Å². The third kappa shape index (κ3) is 6.85. The molecular weight excluding hydrogens is 758 g/mol. The lowest BCUT2D eigenvalue weighted by molar-refractivity contribution is -0.371. The molecule has 0 aromatic heterocycles. The molecule has 2 aromatic carbocycles. The number of esters is 1. The van der Waals surface area contributed by atoms with Gasteiger partial charge < -0.3 is 58.1 Å². The van der Waals surface area contributed by atoms with Gasteiger partial charge in [0.25, 0.3) is 0 Å². The van der Waals surface area contributed by atoms with Gasteiger partial charge in [-0.25, -0.2) is 0 Å². The predicted molar refractivity (Wildman–Crippen MR) is 199 cm³/mol. The first-order valence-electron chi connectivity index (χ1n) is 19.9. The topological polar surface area (TPSA) is 206 Å². The summed E-state index contributed by atoms with van der Waals surface area (Å²) in [4.78, 5) is 55.6. The Labute approximate surface area is 335 Å². The van der Waals surface area contributed by atoms with Crippen LogP contribution in [0.1, 0.15) is 115 Å². The van der Waals surface area contributed by atoms with Crippen molar-refractivity contribution in [3.8, 4) is 11.5 Å². The second kappa shape index (κ2) is 15.3. The average molecular weight is 810 g/mol. The first-order chi connectivity index (χ1) is 27.5. The van der Waals surface area contributed by atoms with E-state index in [0.717, 1.165) is 12.1 Å². The summed E-state index contributed by atoms with van der Waals surface area (Å²) in [5.74, 6) is -4.35. The summed E-state index contributed by atoms with van der Waals surface area (Å²) < 4.78 is 49.7. The van der Waals surface area contributed by atoms with Crippen molar-refractivity contribution in [3.63, 3.8) is 0 Å². The van der Waals surface area contributed by atoms with Crippen LogP contribution in [0, 0.1) is 0 Å². The minimum Gasteiger partial charge on any atom is -0.507 e. The number of aromatic hydroxyl groups is 2. The van der Waals surface area contributed by atoms with Gasteiger partial charge in [0.2, 0.25) is 0 Å². The Bertz CT molecular complexity index is 2000. The molecule has 4 heterocycles. The molecule has 0 spiro atoms. The van der Waals surface area contributed by atoms with E-state index in [0.29, 0.717) is 18.4 Å². The predicted octanol–water partition coefficient (Wildman–Crippen LogP) is 3.17. The molecule has 2 aliphatic carbocycles. The monoisotopic (exact) mass is 809 g/mol. The minimum atomic E-state index is -1.68. The van der Waals surface area contributed by atoms with Crippen LogP contribution in [0.2, 0.25) is 0 Å². The van der Waals surface area contributed by atoms with Gasteiger partial charge in [-0.3, -0.25) is 19.2 Å². The highest BCUT2D eigenvalue weighted by atomic mass is 16.8. The minimum absolute atomic E-state index is 0.0375. The SMILES string of the molecule is CCC1(O)CC(OC2CC(N(C)C)C(OC3CC4OC5CC(=O)C(C)OC5OC4C(C)O3)C(C)O2)c2cc3c(cc2C1C(=O)OC)C(=O)c1c(O)ccc(O)c1C3=O. The van der Waals surface area contributed by atoms with E-state index in [-0.39, 0.29) is 65.0 Å². The van der Waals surface area contributed by atoms with Crippen LogP contribution in [0.25, 0.3) is 0 Å². The summed E-state index contributed by atoms with van der Waals surface area (Å²) in [6.07, 6.45) is -5.47. The molecule has 4 aliphatic heterocycles. The molecule has 2 aromatic rings. The molecule has 3 N–H and O–H groups in total. The van der Waals surface area contributed by atoms with Crippen LogP contribution in [0.15, 0.2) is 24.3 Å². The summed E-state index contributed by atoms with van der Waals surface area (Å²) in [6.45, 7) is 7.19. The molecular formula is C42H51NO15. The van der Waals surface area contributed by atoms with Crippen molar-refractivity contribution in [3.05, 3.63) is 57.6 Å². The lowest BCUT2D eigenvalue weighted by Crippen LogP contribution is -2.62. The van der Waals surface area contributed by atoms with E-state index in [1.54, 1.807) is 13.8 Å². The third-order valence-corrected chi connectivity index (χ3v) is 12.8. The number of benzene rings is 2. The van der Waals surface area contributed by atoms with Gasteiger partial charge in [-0.2, -0.15) is 0 Å². The van der Waals surface area contributed by atoms with Crippen LogP contribution in [0.4, 0.5) is 0 Å². The Morgan fingerprint density at radius 1 is 0.845 bits per heavy atom. The van der Waals surface area contributed by atoms with Crippen molar-refractivity contribution in [2.45, 2.75) is 145 Å². The highest BCUT2D eigenvalue weighted by Crippen LogP contribution is 2.51. The van der Waals surface area contributed by atoms with Crippen LogP contribution in [0.5, 0.6) is 11.5 Å². The van der Waals surface area contributed by atoms with E-state index in [1.807, 2.05) is 32.8 Å². The lowest BCUT2D eigenvalue weighted by Gasteiger charge is -2.51. The molecule has 6 aliphatic rings. The first kappa shape index (κ1) is 40.9. The Hall–Kier alpha value is -3.84. The number of phenols is 2. The Balaban J connectivity index is 1.05. The number of methoxy groups -OCH3 is 1. The second-order valence-electron chi connectivity index (χ2n) is 16.6. The van der Waals surface area contributed by atoms with Crippen LogP contribution in [-0.4, -0.2) is 138 Å². The number of carbonyl (C=O) groups excluding carboxylic acids is 4. The molecule has 0 bridgehead atoms. The van der Waals surface area contributed by atoms with Gasteiger partial charge in [-0.1, -0.05) is 6.92 Å². The van der Waals surface area contributed by atoms with E-state index in [2.05, 4.69) is 0 Å². The quantitative estimate of drug-likeness (QED) is 0.232. The number of hydrogen-bond acceptors (Lipinski definition) is 16. The molecule has 4 fully saturated rings. The number of likely N-dealkylation sites (N-methyl/N-ethyl adjacent to an activating group) is 1. The molecule has 16 heteroatoms. The summed E-state index contributed by atoms with van der Waals surface area (Å²) in [5, 5.41) is 33.3. The molecule has 314 valence electrons. The van der Waals surface area contributed by atoms with E-state index < -0.39 is 102 Å². The molecule has 14 atom stereocenters. The zero-order chi connectivity index (χ0) is 41.5. The maximum Gasteiger partial charge on any atom is 0.316 e. The number of aliphatic hydroxyl groups is 1. The van der Waals surface area contributed by atoms with Crippen LogP contribution in [0.3, 0.4) is 0 Å². The van der Waals surface area contributed by atoms with Crippen molar-refractivity contribution in [1.82, 2.24) is 4.90 Å². The molecule has 0 radical (unpaired) electrons. The average Bonchev–Trinajstić information content (AvgIpc) is 3.18. The fourth-order valence-electron chi connectivity index (χ4n) is 9.64. The molecule has 4 saturated heterocycles. The van der Waals surface area contributed by atoms with Gasteiger partial charge in [-0.15, -0.1) is 0 Å². The number of fused-ring (bicyclic) bond motifs is 5. The van der Waals surface area contributed by atoms with Gasteiger partial charge in [0.05, 0.1) is 48.3 Å². The normalized spacial score (nSPS) is 38.3. The van der Waals surface area contributed by atoms with E-state index >= 15 is 0 Å². The largest absolute Gasteiger partial charge is 0.507 e. The molecule has 8 rings (SSSR count). The summed E-state index contributed by atoms with van der Waals surface area (Å²) in [7, 11) is 5.05. The number of ether oxygens (including phenoxy) is 8. The molecule has 14 unspecified atom stereocenters. The number of nitrogens with zero attached hydrogens (tertiary/aromatic N) is 1. The number of rotatable bonds is 7. The van der Waals surface area contributed by atoms with Gasteiger partial charge in [0.1, 0.15) is 41.8 Å². The van der Waals surface area contributed by atoms with Gasteiger partial charge in [-0.05, 0) is 76.7 Å². The zero-order valence-corrected chi connectivity index (χ0v) is 33.5. The number of phenolic OH excluding ortho intramolecular Hbond substituents is 2. The van der Waals surface area contributed by atoms with Gasteiger partial charge >= 0.3 is 5.97 Å². The summed E-state index contributed by atoms with van der Waals surface area (Å²) >= 11 is 0. The molecule has 0 amide bonds. The van der Waals surface area contributed by atoms with Crippen LogP contribution < -0.4 is 0 Å². The highest BCUT2D eigenvalue weighted by molar-refractivity contribution is 6.30. The molecule has 0 saturated carbocycles. The van der Waals surface area contributed by atoms with Crippen LogP contribution >= 0.6 is 0 Å². The lowest BCUT2D eigenvalue weighted by atomic mass is 9.67. The number of Topliss-reactive ketones (excluding diaryl/α,β-unsaturated/α-hetero) is 1. The summed E-state index contributed by atoms with van der Waals surface area (Å²) in [6, 6.07) is 4.88. The Kier molecular flexibility index (Phi) is 10.8. The van der Waals surface area contributed by atoms with E-state index in [4.69, 9.17) is 37.9 Å².